The summed E-state index contributed by atoms with van der Waals surface area (Å²) in [5, 5.41) is 13.6. The van der Waals surface area contributed by atoms with Gasteiger partial charge in [-0.2, -0.15) is 0 Å². The molecule has 7 heteroatoms. The number of rotatable bonds is 6. The van der Waals surface area contributed by atoms with E-state index >= 15 is 0 Å². The maximum Gasteiger partial charge on any atom is 0.282 e. The molecule has 1 aromatic carbocycles. The normalized spacial score (nSPS) is 11.1. The molecule has 1 N–H and O–H groups in total. The highest BCUT2D eigenvalue weighted by Crippen LogP contribution is 2.20. The van der Waals surface area contributed by atoms with Gasteiger partial charge < -0.3 is 5.32 Å². The Bertz CT molecular complexity index is 468. The van der Waals surface area contributed by atoms with Crippen molar-refractivity contribution in [1.82, 2.24) is 5.32 Å². The number of hydrogen-bond acceptors (Lipinski definition) is 3. The van der Waals surface area contributed by atoms with Crippen molar-refractivity contribution in [2.45, 2.75) is 18.9 Å². The molecular formula is C12H14Cl2N2O3. The number of carbonyl (C=O) groups is 1. The molecule has 0 aliphatic heterocycles. The quantitative estimate of drug-likeness (QED) is 0.499. The number of nitro groups is 1. The van der Waals surface area contributed by atoms with E-state index in [0.717, 1.165) is 0 Å². The molecule has 0 aliphatic carbocycles. The Morgan fingerprint density at radius 1 is 1.37 bits per heavy atom. The molecule has 0 saturated heterocycles. The number of hydrogen-bond donors (Lipinski definition) is 1. The summed E-state index contributed by atoms with van der Waals surface area (Å²) in [6.45, 7) is 1.84. The van der Waals surface area contributed by atoms with Crippen molar-refractivity contribution in [3.63, 3.8) is 0 Å². The van der Waals surface area contributed by atoms with Crippen LogP contribution < -0.4 is 5.32 Å². The van der Waals surface area contributed by atoms with Crippen molar-refractivity contribution in [2.24, 2.45) is 0 Å². The molecule has 0 radical (unpaired) electrons. The molecule has 0 spiro atoms. The van der Waals surface area contributed by atoms with Gasteiger partial charge in [0.2, 0.25) is 0 Å². The highest BCUT2D eigenvalue weighted by Gasteiger charge is 2.30. The van der Waals surface area contributed by atoms with E-state index in [-0.39, 0.29) is 23.0 Å². The molecule has 5 nitrogen and oxygen atoms in total. The van der Waals surface area contributed by atoms with Gasteiger partial charge in [-0.15, -0.1) is 23.2 Å². The molecule has 0 unspecified atom stereocenters. The Morgan fingerprint density at radius 2 is 1.95 bits per heavy atom. The van der Waals surface area contributed by atoms with Gasteiger partial charge in [-0.1, -0.05) is 19.1 Å². The SMILES string of the molecule is CCC(CCl)(CCl)NC(=O)c1ccccc1[N+](=O)[O-]. The lowest BCUT2D eigenvalue weighted by Gasteiger charge is -2.29. The number of para-hydroxylation sites is 1. The fourth-order valence-electron chi connectivity index (χ4n) is 1.51. The number of alkyl halides is 2. The maximum absolute atomic E-state index is 12.1. The lowest BCUT2D eigenvalue weighted by molar-refractivity contribution is -0.385. The number of benzene rings is 1. The van der Waals surface area contributed by atoms with E-state index in [1.807, 2.05) is 6.92 Å². The van der Waals surface area contributed by atoms with E-state index < -0.39 is 16.4 Å². The van der Waals surface area contributed by atoms with Crippen LogP contribution in [0.4, 0.5) is 5.69 Å². The fraction of sp³-hybridized carbons (Fsp3) is 0.417. The van der Waals surface area contributed by atoms with Crippen molar-refractivity contribution >= 4 is 34.8 Å². The van der Waals surface area contributed by atoms with Gasteiger partial charge in [-0.25, -0.2) is 0 Å². The first-order chi connectivity index (χ1) is 8.99. The van der Waals surface area contributed by atoms with Crippen LogP contribution in [0.5, 0.6) is 0 Å². The van der Waals surface area contributed by atoms with Crippen molar-refractivity contribution in [1.29, 1.82) is 0 Å². The minimum Gasteiger partial charge on any atom is -0.344 e. The molecule has 0 saturated carbocycles. The first kappa shape index (κ1) is 15.7. The molecule has 104 valence electrons. The first-order valence-corrected chi connectivity index (χ1v) is 6.74. The smallest absolute Gasteiger partial charge is 0.282 e. The Hall–Kier alpha value is -1.33. The Morgan fingerprint density at radius 3 is 2.42 bits per heavy atom. The molecule has 1 amide bonds. The van der Waals surface area contributed by atoms with E-state index in [0.29, 0.717) is 6.42 Å². The predicted octanol–water partition coefficient (Wildman–Crippen LogP) is 2.95. The Labute approximate surface area is 121 Å². The van der Waals surface area contributed by atoms with Gasteiger partial charge in [0.1, 0.15) is 5.56 Å². The topological polar surface area (TPSA) is 72.2 Å². The summed E-state index contributed by atoms with van der Waals surface area (Å²) >= 11 is 11.7. The van der Waals surface area contributed by atoms with E-state index in [9.17, 15) is 14.9 Å². The minimum atomic E-state index is -0.760. The minimum absolute atomic E-state index is 0.000517. The fourth-order valence-corrected chi connectivity index (χ4v) is 2.31. The molecule has 1 rings (SSSR count). The molecule has 0 aliphatic rings. The van der Waals surface area contributed by atoms with Gasteiger partial charge in [-0.05, 0) is 12.5 Å². The summed E-state index contributed by atoms with van der Waals surface area (Å²) in [6.07, 6.45) is 0.534. The molecule has 0 bridgehead atoms. The number of nitro benzene ring substituents is 1. The highest BCUT2D eigenvalue weighted by molar-refractivity contribution is 6.22. The Balaban J connectivity index is 3.05. The van der Waals surface area contributed by atoms with Gasteiger partial charge in [0.05, 0.1) is 10.5 Å². The zero-order valence-electron chi connectivity index (χ0n) is 10.4. The third-order valence-electron chi connectivity index (χ3n) is 2.91. The lowest BCUT2D eigenvalue weighted by atomic mass is 10.0. The maximum atomic E-state index is 12.1. The molecule has 1 aromatic rings. The van der Waals surface area contributed by atoms with Crippen molar-refractivity contribution in [3.05, 3.63) is 39.9 Å². The van der Waals surface area contributed by atoms with Crippen LogP contribution in [0.25, 0.3) is 0 Å². The van der Waals surface area contributed by atoms with E-state index in [2.05, 4.69) is 5.32 Å². The average Bonchev–Trinajstić information content (AvgIpc) is 2.44. The predicted molar refractivity (Wildman–Crippen MR) is 75.0 cm³/mol. The monoisotopic (exact) mass is 304 g/mol. The molecular weight excluding hydrogens is 291 g/mol. The second-order valence-corrected chi connectivity index (χ2v) is 4.66. The summed E-state index contributed by atoms with van der Waals surface area (Å²) in [4.78, 5) is 22.4. The van der Waals surface area contributed by atoms with Gasteiger partial charge in [0.15, 0.2) is 0 Å². The van der Waals surface area contributed by atoms with Crippen molar-refractivity contribution in [3.8, 4) is 0 Å². The third-order valence-corrected chi connectivity index (χ3v) is 3.94. The second kappa shape index (κ2) is 6.73. The van der Waals surface area contributed by atoms with Crippen LogP contribution in [-0.2, 0) is 0 Å². The van der Waals surface area contributed by atoms with Gasteiger partial charge >= 0.3 is 0 Å². The van der Waals surface area contributed by atoms with Gasteiger partial charge in [0.25, 0.3) is 11.6 Å². The summed E-state index contributed by atoms with van der Waals surface area (Å²) in [5.41, 5.74) is -1.00. The van der Waals surface area contributed by atoms with Crippen molar-refractivity contribution in [2.75, 3.05) is 11.8 Å². The second-order valence-electron chi connectivity index (χ2n) is 4.13. The van der Waals surface area contributed by atoms with Crippen LogP contribution >= 0.6 is 23.2 Å². The molecule has 19 heavy (non-hydrogen) atoms. The van der Waals surface area contributed by atoms with Crippen LogP contribution in [0.2, 0.25) is 0 Å². The molecule has 0 atom stereocenters. The summed E-state index contributed by atoms with van der Waals surface area (Å²) in [7, 11) is 0. The lowest BCUT2D eigenvalue weighted by Crippen LogP contribution is -2.51. The number of nitrogens with one attached hydrogen (secondary N) is 1. The zero-order valence-corrected chi connectivity index (χ0v) is 11.9. The van der Waals surface area contributed by atoms with E-state index in [4.69, 9.17) is 23.2 Å². The standard InChI is InChI=1S/C12H14Cl2N2O3/c1-2-12(7-13,8-14)15-11(17)9-5-3-4-6-10(9)16(18)19/h3-6H,2,7-8H2,1H3,(H,15,17). The van der Waals surface area contributed by atoms with Gasteiger partial charge in [0, 0.05) is 17.8 Å². The summed E-state index contributed by atoms with van der Waals surface area (Å²) in [6, 6.07) is 5.75. The Kier molecular flexibility index (Phi) is 5.57. The number of amides is 1. The van der Waals surface area contributed by atoms with Crippen LogP contribution in [0, 0.1) is 10.1 Å². The van der Waals surface area contributed by atoms with E-state index in [1.165, 1.54) is 18.2 Å². The molecule has 0 aromatic heterocycles. The molecule has 0 fully saturated rings. The van der Waals surface area contributed by atoms with Crippen LogP contribution in [0.1, 0.15) is 23.7 Å². The number of nitrogens with zero attached hydrogens (tertiary/aromatic N) is 1. The first-order valence-electron chi connectivity index (χ1n) is 5.67. The van der Waals surface area contributed by atoms with Gasteiger partial charge in [-0.3, -0.25) is 14.9 Å². The number of carbonyl (C=O) groups excluding carboxylic acids is 1. The van der Waals surface area contributed by atoms with E-state index in [1.54, 1.807) is 6.07 Å². The van der Waals surface area contributed by atoms with Crippen LogP contribution in [0.3, 0.4) is 0 Å². The zero-order chi connectivity index (χ0) is 14.5. The van der Waals surface area contributed by atoms with Crippen LogP contribution in [0.15, 0.2) is 24.3 Å². The molecule has 0 heterocycles. The van der Waals surface area contributed by atoms with Crippen molar-refractivity contribution < 1.29 is 9.72 Å². The highest BCUT2D eigenvalue weighted by atomic mass is 35.5. The summed E-state index contributed by atoms with van der Waals surface area (Å²) in [5.74, 6) is -0.269. The number of halogens is 2. The third kappa shape index (κ3) is 3.58. The largest absolute Gasteiger partial charge is 0.344 e. The van der Waals surface area contributed by atoms with Crippen LogP contribution in [-0.4, -0.2) is 28.1 Å². The summed E-state index contributed by atoms with van der Waals surface area (Å²) < 4.78 is 0. The average molecular weight is 305 g/mol.